The van der Waals surface area contributed by atoms with Crippen molar-refractivity contribution in [3.8, 4) is 5.75 Å². The molecule has 0 N–H and O–H groups in total. The van der Waals surface area contributed by atoms with Crippen LogP contribution in [0.1, 0.15) is 28.4 Å². The second-order valence-corrected chi connectivity index (χ2v) is 6.33. The van der Waals surface area contributed by atoms with Crippen LogP contribution in [0.4, 0.5) is 0 Å². The van der Waals surface area contributed by atoms with Gasteiger partial charge in [-0.15, -0.1) is 0 Å². The highest BCUT2D eigenvalue weighted by molar-refractivity contribution is 9.09. The maximum atomic E-state index is 6.08. The van der Waals surface area contributed by atoms with Gasteiger partial charge in [-0.3, -0.25) is 0 Å². The largest absolute Gasteiger partial charge is 0.494 e. The third-order valence-electron chi connectivity index (χ3n) is 2.92. The fourth-order valence-electron chi connectivity index (χ4n) is 2.05. The first-order valence-electron chi connectivity index (χ1n) is 6.34. The van der Waals surface area contributed by atoms with E-state index in [2.05, 4.69) is 28.9 Å². The average molecular weight is 374 g/mol. The highest BCUT2D eigenvalue weighted by Crippen LogP contribution is 2.39. The summed E-state index contributed by atoms with van der Waals surface area (Å²) in [5.74, 6) is 0.871. The maximum Gasteiger partial charge on any atom is 0.123 e. The minimum Gasteiger partial charge on any atom is -0.494 e. The lowest BCUT2D eigenvalue weighted by Crippen LogP contribution is -2.00. The van der Waals surface area contributed by atoms with Gasteiger partial charge in [0.05, 0.1) is 11.4 Å². The van der Waals surface area contributed by atoms with E-state index < -0.39 is 0 Å². The molecule has 0 aromatic heterocycles. The fourth-order valence-corrected chi connectivity index (χ4v) is 3.22. The molecule has 2 rings (SSSR count). The third-order valence-corrected chi connectivity index (χ3v) is 4.37. The summed E-state index contributed by atoms with van der Waals surface area (Å²) in [7, 11) is 0. The lowest BCUT2D eigenvalue weighted by molar-refractivity contribution is 0.337. The number of alkyl halides is 1. The van der Waals surface area contributed by atoms with Crippen LogP contribution in [-0.4, -0.2) is 6.61 Å². The summed E-state index contributed by atoms with van der Waals surface area (Å²) in [6, 6.07) is 11.7. The van der Waals surface area contributed by atoms with Gasteiger partial charge in [-0.05, 0) is 43.7 Å². The first kappa shape index (κ1) is 15.7. The van der Waals surface area contributed by atoms with E-state index in [0.29, 0.717) is 16.7 Å². The van der Waals surface area contributed by atoms with E-state index in [1.54, 1.807) is 6.07 Å². The van der Waals surface area contributed by atoms with E-state index in [1.807, 2.05) is 31.2 Å². The van der Waals surface area contributed by atoms with Gasteiger partial charge in [0.1, 0.15) is 5.75 Å². The van der Waals surface area contributed by atoms with Crippen molar-refractivity contribution < 1.29 is 4.74 Å². The Hall–Kier alpha value is -0.700. The summed E-state index contributed by atoms with van der Waals surface area (Å²) in [5.41, 5.74) is 3.26. The molecule has 0 radical (unpaired) electrons. The zero-order valence-corrected chi connectivity index (χ0v) is 14.4. The van der Waals surface area contributed by atoms with Gasteiger partial charge in [-0.1, -0.05) is 56.8 Å². The Morgan fingerprint density at radius 3 is 2.35 bits per heavy atom. The van der Waals surface area contributed by atoms with Gasteiger partial charge in [0.15, 0.2) is 0 Å². The number of benzene rings is 2. The summed E-state index contributed by atoms with van der Waals surface area (Å²) in [6.07, 6.45) is 0. The summed E-state index contributed by atoms with van der Waals surface area (Å²) >= 11 is 15.9. The van der Waals surface area contributed by atoms with Crippen LogP contribution in [0.2, 0.25) is 10.0 Å². The topological polar surface area (TPSA) is 9.23 Å². The van der Waals surface area contributed by atoms with Crippen molar-refractivity contribution in [3.05, 3.63) is 63.1 Å². The number of halogens is 3. The van der Waals surface area contributed by atoms with Crippen LogP contribution in [0.3, 0.4) is 0 Å². The minimum absolute atomic E-state index is 0.0138. The molecular formula is C16H15BrCl2O. The first-order chi connectivity index (χ1) is 9.51. The second kappa shape index (κ2) is 6.84. The highest BCUT2D eigenvalue weighted by atomic mass is 79.9. The van der Waals surface area contributed by atoms with E-state index in [1.165, 1.54) is 5.56 Å². The summed E-state index contributed by atoms with van der Waals surface area (Å²) in [4.78, 5) is -0.0138. The van der Waals surface area contributed by atoms with Crippen LogP contribution in [0.25, 0.3) is 0 Å². The summed E-state index contributed by atoms with van der Waals surface area (Å²) in [6.45, 7) is 4.67. The normalized spacial score (nSPS) is 12.2. The molecule has 1 atom stereocenters. The Kier molecular flexibility index (Phi) is 5.36. The quantitative estimate of drug-likeness (QED) is 0.581. The van der Waals surface area contributed by atoms with Crippen LogP contribution >= 0.6 is 39.1 Å². The Morgan fingerprint density at radius 1 is 1.10 bits per heavy atom. The van der Waals surface area contributed by atoms with Crippen molar-refractivity contribution in [2.45, 2.75) is 18.7 Å². The number of aryl methyl sites for hydroxylation is 1. The van der Waals surface area contributed by atoms with Crippen molar-refractivity contribution in [2.24, 2.45) is 0 Å². The molecule has 0 fully saturated rings. The molecule has 2 aromatic carbocycles. The van der Waals surface area contributed by atoms with Gasteiger partial charge in [0, 0.05) is 15.6 Å². The average Bonchev–Trinajstić information content (AvgIpc) is 2.39. The Morgan fingerprint density at radius 2 is 1.75 bits per heavy atom. The monoisotopic (exact) mass is 372 g/mol. The van der Waals surface area contributed by atoms with E-state index in [9.17, 15) is 0 Å². The van der Waals surface area contributed by atoms with Crippen molar-refractivity contribution in [1.82, 2.24) is 0 Å². The van der Waals surface area contributed by atoms with Crippen molar-refractivity contribution in [3.63, 3.8) is 0 Å². The molecule has 0 aliphatic carbocycles. The lowest BCUT2D eigenvalue weighted by Gasteiger charge is -2.17. The second-order valence-electron chi connectivity index (χ2n) is 4.54. The van der Waals surface area contributed by atoms with E-state index in [4.69, 9.17) is 27.9 Å². The van der Waals surface area contributed by atoms with Crippen LogP contribution in [-0.2, 0) is 0 Å². The molecule has 1 unspecified atom stereocenters. The number of rotatable bonds is 4. The maximum absolute atomic E-state index is 6.08. The van der Waals surface area contributed by atoms with Crippen molar-refractivity contribution in [1.29, 1.82) is 0 Å². The highest BCUT2D eigenvalue weighted by Gasteiger charge is 2.17. The van der Waals surface area contributed by atoms with Gasteiger partial charge in [0.2, 0.25) is 0 Å². The molecule has 0 heterocycles. The summed E-state index contributed by atoms with van der Waals surface area (Å²) in [5, 5.41) is 1.25. The third kappa shape index (κ3) is 3.69. The molecule has 1 nitrogen and oxygen atoms in total. The van der Waals surface area contributed by atoms with Crippen molar-refractivity contribution in [2.75, 3.05) is 6.61 Å². The zero-order chi connectivity index (χ0) is 14.7. The molecule has 0 spiro atoms. The van der Waals surface area contributed by atoms with E-state index in [0.717, 1.165) is 16.9 Å². The van der Waals surface area contributed by atoms with Gasteiger partial charge in [0.25, 0.3) is 0 Å². The molecule has 2 aromatic rings. The number of hydrogen-bond acceptors (Lipinski definition) is 1. The van der Waals surface area contributed by atoms with Crippen LogP contribution in [0, 0.1) is 6.92 Å². The molecule has 106 valence electrons. The lowest BCUT2D eigenvalue weighted by atomic mass is 10.0. The van der Waals surface area contributed by atoms with Crippen molar-refractivity contribution >= 4 is 39.1 Å². The van der Waals surface area contributed by atoms with Gasteiger partial charge in [-0.2, -0.15) is 0 Å². The van der Waals surface area contributed by atoms with E-state index >= 15 is 0 Å². The Labute approximate surface area is 138 Å². The molecule has 0 amide bonds. The Balaban J connectivity index is 2.46. The predicted octanol–water partition coefficient (Wildman–Crippen LogP) is 6.18. The molecule has 0 saturated carbocycles. The first-order valence-corrected chi connectivity index (χ1v) is 8.02. The number of hydrogen-bond donors (Lipinski definition) is 0. The Bertz CT molecular complexity index is 593. The van der Waals surface area contributed by atoms with Gasteiger partial charge in [-0.25, -0.2) is 0 Å². The van der Waals surface area contributed by atoms with E-state index in [-0.39, 0.29) is 4.83 Å². The molecule has 20 heavy (non-hydrogen) atoms. The molecule has 0 aliphatic heterocycles. The predicted molar refractivity (Wildman–Crippen MR) is 89.6 cm³/mol. The standard InChI is InChI=1S/C16H15BrCl2O/c1-3-20-15-5-4-10(2)6-14(15)16(17)11-7-12(18)9-13(19)8-11/h4-9,16H,3H2,1-2H3. The summed E-state index contributed by atoms with van der Waals surface area (Å²) < 4.78 is 5.70. The zero-order valence-electron chi connectivity index (χ0n) is 11.3. The SMILES string of the molecule is CCOc1ccc(C)cc1C(Br)c1cc(Cl)cc(Cl)c1. The smallest absolute Gasteiger partial charge is 0.123 e. The fraction of sp³-hybridized carbons (Fsp3) is 0.250. The van der Waals surface area contributed by atoms with Gasteiger partial charge >= 0.3 is 0 Å². The molecule has 0 bridgehead atoms. The molecule has 0 saturated heterocycles. The molecule has 0 aliphatic rings. The number of ether oxygens (including phenoxy) is 1. The molecular weight excluding hydrogens is 359 g/mol. The van der Waals surface area contributed by atoms with Crippen LogP contribution < -0.4 is 4.74 Å². The van der Waals surface area contributed by atoms with Gasteiger partial charge < -0.3 is 4.74 Å². The molecule has 4 heteroatoms. The van der Waals surface area contributed by atoms with Crippen LogP contribution in [0.15, 0.2) is 36.4 Å². The minimum atomic E-state index is -0.0138. The van der Waals surface area contributed by atoms with Crippen LogP contribution in [0.5, 0.6) is 5.75 Å².